The van der Waals surface area contributed by atoms with Crippen LogP contribution in [-0.2, 0) is 65.4 Å². The standard InChI is InChI=1S/C85H144O17P2/c1-5-9-13-17-21-25-29-33-37-38-39-40-44-46-50-54-58-62-66-70-83(88)96-76-81(102-85(90)72-68-64-60-56-52-48-43-36-32-28-24-20-16-12-8-4)78-100-104(93,94)98-74-79(86)73-97-103(91,92)99-77-80(101-84(89)71-67-63-59-55-51-47-42-35-31-27-23-19-15-11-7-3)75-95-82(87)69-65-61-57-53-49-45-41-34-30-26-22-18-14-10-6-2/h9,13,21-22,24-26,28,33-37,39-43,46,50,58,62,79-81,86H,5-8,10-12,14-20,23,27,29-32,38,44-45,47-49,51-57,59-61,63-78H2,1-4H3,(H,91,92)(H,93,94)/b13-9-,25-21-,26-22-,28-24-,37-33-,40-39-,41-34-,42-35-,43-36-,50-46-,62-58-/t79-,80+,81+/m0/s1. The van der Waals surface area contributed by atoms with E-state index in [0.717, 1.165) is 161 Å². The van der Waals surface area contributed by atoms with Crippen LogP contribution in [0.5, 0.6) is 0 Å². The quantitative estimate of drug-likeness (QED) is 0.0169. The van der Waals surface area contributed by atoms with E-state index in [4.69, 9.17) is 37.0 Å². The molecule has 0 heterocycles. The largest absolute Gasteiger partial charge is 0.472 e. The Kier molecular flexibility index (Phi) is 72.9. The highest BCUT2D eigenvalue weighted by Gasteiger charge is 2.30. The maximum Gasteiger partial charge on any atom is 0.472 e. The molecule has 0 saturated carbocycles. The summed E-state index contributed by atoms with van der Waals surface area (Å²) in [6, 6.07) is 0. The van der Waals surface area contributed by atoms with Crippen LogP contribution in [0.2, 0.25) is 0 Å². The SMILES string of the molecule is CC/C=C\C/C=C\C/C=C\C/C=C\C/C=C\C/C=C\CCC(=O)OC[C@H](COP(=O)(O)OC[C@@H](O)COP(=O)(O)OC[C@@H](COC(=O)CCCCCCC/C=C\C/C=C\CCCCC)OC(=O)CCCCCCC/C=C\CCCCCCCC)OC(=O)CCCCCCC/C=C\C/C=C\CCCCC. The molecule has 3 N–H and O–H groups in total. The minimum atomic E-state index is -5.00. The Labute approximate surface area is 631 Å². The lowest BCUT2D eigenvalue weighted by molar-refractivity contribution is -0.161. The lowest BCUT2D eigenvalue weighted by Crippen LogP contribution is -2.30. The Balaban J connectivity index is 5.45. The molecule has 0 aromatic rings. The summed E-state index contributed by atoms with van der Waals surface area (Å²) in [5, 5.41) is 10.6. The Morgan fingerprint density at radius 3 is 0.856 bits per heavy atom. The predicted molar refractivity (Wildman–Crippen MR) is 427 cm³/mol. The molecule has 0 rings (SSSR count). The zero-order valence-electron chi connectivity index (χ0n) is 65.2. The van der Waals surface area contributed by atoms with Crippen molar-refractivity contribution in [3.63, 3.8) is 0 Å². The van der Waals surface area contributed by atoms with E-state index in [1.54, 1.807) is 0 Å². The second-order valence-electron chi connectivity index (χ2n) is 26.6. The monoisotopic (exact) mass is 1500 g/mol. The molecule has 0 aliphatic heterocycles. The highest BCUT2D eigenvalue weighted by atomic mass is 31.2. The van der Waals surface area contributed by atoms with Crippen LogP contribution >= 0.6 is 15.6 Å². The molecule has 19 heteroatoms. The number of esters is 4. The molecule has 5 atom stereocenters. The fourth-order valence-electron chi connectivity index (χ4n) is 10.4. The number of carbonyl (C=O) groups excluding carboxylic acids is 4. The van der Waals surface area contributed by atoms with Gasteiger partial charge in [0.05, 0.1) is 26.4 Å². The maximum absolute atomic E-state index is 13.1. The van der Waals surface area contributed by atoms with Crippen molar-refractivity contribution in [2.45, 2.75) is 341 Å². The number of allylic oxidation sites excluding steroid dienone is 22. The predicted octanol–water partition coefficient (Wildman–Crippen LogP) is 23.7. The fourth-order valence-corrected chi connectivity index (χ4v) is 12.0. The molecular weight excluding hydrogens is 1350 g/mol. The molecule has 0 radical (unpaired) electrons. The van der Waals surface area contributed by atoms with Crippen molar-refractivity contribution < 1.29 is 80.2 Å². The van der Waals surface area contributed by atoms with Crippen LogP contribution in [0.25, 0.3) is 0 Å². The van der Waals surface area contributed by atoms with Crippen molar-refractivity contribution in [1.82, 2.24) is 0 Å². The third-order valence-electron chi connectivity index (χ3n) is 16.6. The summed E-state index contributed by atoms with van der Waals surface area (Å²) in [5.74, 6) is -2.31. The smallest absolute Gasteiger partial charge is 0.462 e. The molecule has 0 aromatic heterocycles. The molecule has 0 amide bonds. The highest BCUT2D eigenvalue weighted by Crippen LogP contribution is 2.45. The Morgan fingerprint density at radius 1 is 0.279 bits per heavy atom. The van der Waals surface area contributed by atoms with E-state index in [9.17, 15) is 43.2 Å². The van der Waals surface area contributed by atoms with Crippen molar-refractivity contribution in [3.05, 3.63) is 134 Å². The Hall–Kier alpha value is -4.80. The first kappa shape index (κ1) is 99.2. The summed E-state index contributed by atoms with van der Waals surface area (Å²) >= 11 is 0. The van der Waals surface area contributed by atoms with Crippen LogP contribution in [0.3, 0.4) is 0 Å². The molecule has 0 aliphatic rings. The van der Waals surface area contributed by atoms with Crippen LogP contribution in [0.4, 0.5) is 0 Å². The van der Waals surface area contributed by atoms with Gasteiger partial charge in [0.2, 0.25) is 0 Å². The molecule has 2 unspecified atom stereocenters. The van der Waals surface area contributed by atoms with Gasteiger partial charge in [-0.2, -0.15) is 0 Å². The number of unbranched alkanes of at least 4 members (excludes halogenated alkanes) is 27. The lowest BCUT2D eigenvalue weighted by Gasteiger charge is -2.21. The van der Waals surface area contributed by atoms with E-state index < -0.39 is 97.5 Å². The van der Waals surface area contributed by atoms with Gasteiger partial charge in [-0.25, -0.2) is 9.13 Å². The zero-order valence-corrected chi connectivity index (χ0v) is 66.9. The lowest BCUT2D eigenvalue weighted by atomic mass is 10.1. The average molecular weight is 1500 g/mol. The van der Waals surface area contributed by atoms with Crippen molar-refractivity contribution in [3.8, 4) is 0 Å². The zero-order chi connectivity index (χ0) is 76.0. The minimum absolute atomic E-state index is 0.0299. The van der Waals surface area contributed by atoms with Crippen molar-refractivity contribution in [2.24, 2.45) is 0 Å². The molecule has 0 fully saturated rings. The number of hydrogen-bond donors (Lipinski definition) is 3. The van der Waals surface area contributed by atoms with Crippen molar-refractivity contribution in [2.75, 3.05) is 39.6 Å². The Bertz CT molecular complexity index is 2490. The number of aliphatic hydroxyl groups excluding tert-OH is 1. The molecular formula is C85H144O17P2. The average Bonchev–Trinajstić information content (AvgIpc) is 0.918. The summed E-state index contributed by atoms with van der Waals surface area (Å²) in [4.78, 5) is 73.0. The minimum Gasteiger partial charge on any atom is -0.462 e. The van der Waals surface area contributed by atoms with Gasteiger partial charge in [0, 0.05) is 25.7 Å². The molecule has 0 bridgehead atoms. The van der Waals surface area contributed by atoms with Crippen LogP contribution in [0.1, 0.15) is 323 Å². The van der Waals surface area contributed by atoms with Gasteiger partial charge in [-0.15, -0.1) is 0 Å². The highest BCUT2D eigenvalue weighted by molar-refractivity contribution is 7.47. The first-order valence-electron chi connectivity index (χ1n) is 40.4. The topological polar surface area (TPSA) is 237 Å². The summed E-state index contributed by atoms with van der Waals surface area (Å²) in [7, 11) is -9.99. The fraction of sp³-hybridized carbons (Fsp3) is 0.694. The molecule has 596 valence electrons. The first-order valence-corrected chi connectivity index (χ1v) is 43.4. The van der Waals surface area contributed by atoms with Gasteiger partial charge in [-0.1, -0.05) is 277 Å². The first-order chi connectivity index (χ1) is 50.7. The second kappa shape index (κ2) is 76.4. The van der Waals surface area contributed by atoms with Crippen LogP contribution < -0.4 is 0 Å². The van der Waals surface area contributed by atoms with Gasteiger partial charge in [-0.3, -0.25) is 37.3 Å². The number of carbonyl (C=O) groups is 4. The van der Waals surface area contributed by atoms with Crippen molar-refractivity contribution >= 4 is 39.5 Å². The molecule has 104 heavy (non-hydrogen) atoms. The van der Waals surface area contributed by atoms with E-state index in [1.165, 1.54) is 77.0 Å². The number of ether oxygens (including phenoxy) is 4. The third-order valence-corrected chi connectivity index (χ3v) is 18.5. The number of rotatable bonds is 75. The van der Waals surface area contributed by atoms with E-state index >= 15 is 0 Å². The third kappa shape index (κ3) is 75.4. The molecule has 0 saturated heterocycles. The number of hydrogen-bond acceptors (Lipinski definition) is 15. The normalized spacial score (nSPS) is 14.6. The van der Waals surface area contributed by atoms with Gasteiger partial charge in [0.25, 0.3) is 0 Å². The number of phosphoric ester groups is 2. The van der Waals surface area contributed by atoms with E-state index in [0.29, 0.717) is 32.1 Å². The van der Waals surface area contributed by atoms with Crippen LogP contribution in [0.15, 0.2) is 134 Å². The number of aliphatic hydroxyl groups is 1. The van der Waals surface area contributed by atoms with Gasteiger partial charge in [0.15, 0.2) is 12.2 Å². The number of phosphoric acid groups is 2. The van der Waals surface area contributed by atoms with E-state index in [-0.39, 0.29) is 25.7 Å². The summed E-state index contributed by atoms with van der Waals surface area (Å²) in [6.07, 6.45) is 85.8. The molecule has 0 spiro atoms. The molecule has 0 aromatic carbocycles. The summed E-state index contributed by atoms with van der Waals surface area (Å²) in [6.45, 7) is 4.59. The maximum atomic E-state index is 13.1. The van der Waals surface area contributed by atoms with Gasteiger partial charge in [-0.05, 0) is 154 Å². The summed E-state index contributed by atoms with van der Waals surface area (Å²) < 4.78 is 68.5. The van der Waals surface area contributed by atoms with Gasteiger partial charge in [0.1, 0.15) is 19.3 Å². The molecule has 0 aliphatic carbocycles. The molecule has 17 nitrogen and oxygen atoms in total. The second-order valence-corrected chi connectivity index (χ2v) is 29.5. The van der Waals surface area contributed by atoms with Crippen LogP contribution in [-0.4, -0.2) is 96.7 Å². The Morgan fingerprint density at radius 2 is 0.519 bits per heavy atom. The van der Waals surface area contributed by atoms with E-state index in [1.807, 2.05) is 18.2 Å². The van der Waals surface area contributed by atoms with Crippen molar-refractivity contribution in [1.29, 1.82) is 0 Å². The van der Waals surface area contributed by atoms with E-state index in [2.05, 4.69) is 143 Å². The van der Waals surface area contributed by atoms with Gasteiger partial charge >= 0.3 is 39.5 Å². The van der Waals surface area contributed by atoms with Gasteiger partial charge < -0.3 is 33.8 Å². The van der Waals surface area contributed by atoms with Crippen LogP contribution in [0, 0.1) is 0 Å². The summed E-state index contributed by atoms with van der Waals surface area (Å²) in [5.41, 5.74) is 0.